The second-order valence-electron chi connectivity index (χ2n) is 15.9. The summed E-state index contributed by atoms with van der Waals surface area (Å²) < 4.78 is 0. The molecule has 3 fully saturated rings. The van der Waals surface area contributed by atoms with Crippen LogP contribution in [0.2, 0.25) is 10.0 Å². The van der Waals surface area contributed by atoms with Crippen molar-refractivity contribution in [2.45, 2.75) is 167 Å². The Kier molecular flexibility index (Phi) is 18.2. The van der Waals surface area contributed by atoms with Gasteiger partial charge in [0.25, 0.3) is 0 Å². The Hall–Kier alpha value is -1.76. The van der Waals surface area contributed by atoms with Gasteiger partial charge in [-0.3, -0.25) is 0 Å². The number of unbranched alkanes of at least 4 members (excludes halogenated alkanes) is 2. The molecule has 0 bridgehead atoms. The van der Waals surface area contributed by atoms with Crippen LogP contribution in [0.15, 0.2) is 72.8 Å². The third-order valence-electron chi connectivity index (χ3n) is 12.3. The van der Waals surface area contributed by atoms with Crippen molar-refractivity contribution in [1.29, 1.82) is 0 Å². The summed E-state index contributed by atoms with van der Waals surface area (Å²) in [5.41, 5.74) is 5.92. The van der Waals surface area contributed by atoms with Crippen LogP contribution in [0.1, 0.15) is 187 Å². The van der Waals surface area contributed by atoms with E-state index in [2.05, 4.69) is 76.2 Å². The smallest absolute Gasteiger partial charge is 0.0406 e. The van der Waals surface area contributed by atoms with Gasteiger partial charge in [-0.2, -0.15) is 0 Å². The molecule has 0 spiro atoms. The lowest BCUT2D eigenvalue weighted by molar-refractivity contribution is 0.303. The summed E-state index contributed by atoms with van der Waals surface area (Å²) in [6, 6.07) is 26.1. The molecule has 0 nitrogen and oxygen atoms in total. The summed E-state index contributed by atoms with van der Waals surface area (Å²) in [4.78, 5) is 0. The first-order chi connectivity index (χ1) is 23.9. The van der Waals surface area contributed by atoms with Crippen LogP contribution < -0.4 is 0 Å². The van der Waals surface area contributed by atoms with E-state index in [4.69, 9.17) is 23.2 Å². The highest BCUT2D eigenvalue weighted by Crippen LogP contribution is 2.39. The van der Waals surface area contributed by atoms with E-state index in [1.54, 1.807) is 5.56 Å². The van der Waals surface area contributed by atoms with Crippen molar-refractivity contribution >= 4 is 23.2 Å². The highest BCUT2D eigenvalue weighted by molar-refractivity contribution is 6.30. The van der Waals surface area contributed by atoms with E-state index in [9.17, 15) is 0 Å². The average Bonchev–Trinajstić information content (AvgIpc) is 3.14. The molecule has 0 amide bonds. The fourth-order valence-electron chi connectivity index (χ4n) is 8.87. The van der Waals surface area contributed by atoms with Crippen molar-refractivity contribution in [3.05, 3.63) is 105 Å². The first-order valence-electron chi connectivity index (χ1n) is 20.5. The van der Waals surface area contributed by atoms with Gasteiger partial charge < -0.3 is 0 Å². The maximum Gasteiger partial charge on any atom is 0.0406 e. The zero-order valence-corrected chi connectivity index (χ0v) is 33.1. The predicted octanol–water partition coefficient (Wildman–Crippen LogP) is 17.0. The number of benzene rings is 3. The quantitative estimate of drug-likeness (QED) is 0.184. The summed E-state index contributed by atoms with van der Waals surface area (Å²) in [6.45, 7) is 9.08. The first kappa shape index (κ1) is 40.0. The lowest BCUT2D eigenvalue weighted by atomic mass is 9.77. The molecular formula is C47H74Cl2. The molecule has 2 heteroatoms. The van der Waals surface area contributed by atoms with Crippen LogP contribution in [0.5, 0.6) is 0 Å². The first-order valence-corrected chi connectivity index (χ1v) is 21.2. The Morgan fingerprint density at radius 2 is 0.816 bits per heavy atom. The maximum absolute atomic E-state index is 5.92. The molecule has 3 aliphatic carbocycles. The second-order valence-corrected chi connectivity index (χ2v) is 16.7. The molecule has 0 atom stereocenters. The average molecular weight is 710 g/mol. The molecule has 3 aliphatic rings. The Morgan fingerprint density at radius 3 is 1.18 bits per heavy atom. The molecule has 0 heterocycles. The SMILES string of the molecule is CCC1CCC(c2ccc(Cl)cc2)CC1.CCCC1CCC(c2ccc(Cl)cc2)CC1.CCCCCC1CCC(c2ccc(C)cc2)CC1.[HH].[HH].[HH]. The molecule has 49 heavy (non-hydrogen) atoms. The number of aryl methyl sites for hydroxylation is 1. The largest absolute Gasteiger partial charge is 0.0843 e. The van der Waals surface area contributed by atoms with Gasteiger partial charge in [-0.05, 0) is 160 Å². The lowest BCUT2D eigenvalue weighted by Gasteiger charge is -2.29. The zero-order valence-electron chi connectivity index (χ0n) is 31.6. The molecule has 0 N–H and O–H groups in total. The van der Waals surface area contributed by atoms with Gasteiger partial charge >= 0.3 is 0 Å². The molecule has 0 aliphatic heterocycles. The van der Waals surface area contributed by atoms with E-state index >= 15 is 0 Å². The van der Waals surface area contributed by atoms with E-state index in [1.807, 2.05) is 24.3 Å². The molecule has 0 saturated heterocycles. The third kappa shape index (κ3) is 14.1. The van der Waals surface area contributed by atoms with Crippen molar-refractivity contribution in [1.82, 2.24) is 0 Å². The standard InChI is InChI=1S/C18H28.C15H21Cl.C14H19Cl.3H2/c1-3-4-5-6-16-9-13-18(14-10-16)17-11-7-15(2)8-12-17;1-2-3-12-4-6-13(7-5-12)14-8-10-15(16)11-9-14;1-2-11-3-5-12(6-4-11)13-7-9-14(15)10-8-13;;;/h7-8,11-12,16,18H,3-6,9-10,13-14H2,1-2H3;8-13H,2-7H2,1H3;7-12H,2-6H2,1H3;3*1H. The summed E-state index contributed by atoms with van der Waals surface area (Å²) in [7, 11) is 0. The van der Waals surface area contributed by atoms with Crippen LogP contribution in [0.3, 0.4) is 0 Å². The van der Waals surface area contributed by atoms with E-state index in [-0.39, 0.29) is 4.28 Å². The predicted molar refractivity (Wildman–Crippen MR) is 224 cm³/mol. The van der Waals surface area contributed by atoms with Crippen LogP contribution >= 0.6 is 23.2 Å². The minimum Gasteiger partial charge on any atom is -0.0843 e. The van der Waals surface area contributed by atoms with Crippen LogP contribution in [0.25, 0.3) is 0 Å². The fourth-order valence-corrected chi connectivity index (χ4v) is 9.12. The van der Waals surface area contributed by atoms with Gasteiger partial charge in [0.2, 0.25) is 0 Å². The maximum atomic E-state index is 5.92. The Labute approximate surface area is 316 Å². The topological polar surface area (TPSA) is 0 Å². The van der Waals surface area contributed by atoms with Crippen LogP contribution in [0, 0.1) is 24.7 Å². The van der Waals surface area contributed by atoms with Crippen molar-refractivity contribution in [2.75, 3.05) is 0 Å². The fraction of sp³-hybridized carbons (Fsp3) is 0.617. The molecule has 0 unspecified atom stereocenters. The summed E-state index contributed by atoms with van der Waals surface area (Å²) in [5.74, 6) is 5.41. The normalized spacial score (nSPS) is 25.3. The zero-order chi connectivity index (χ0) is 34.8. The lowest BCUT2D eigenvalue weighted by Crippen LogP contribution is -2.13. The molecular weight excluding hydrogens is 635 g/mol. The Morgan fingerprint density at radius 1 is 0.449 bits per heavy atom. The molecule has 6 rings (SSSR count). The monoisotopic (exact) mass is 709 g/mol. The molecule has 276 valence electrons. The highest BCUT2D eigenvalue weighted by Gasteiger charge is 2.23. The van der Waals surface area contributed by atoms with Gasteiger partial charge in [-0.25, -0.2) is 0 Å². The van der Waals surface area contributed by atoms with Crippen molar-refractivity contribution in [3.8, 4) is 0 Å². The van der Waals surface area contributed by atoms with Crippen molar-refractivity contribution in [3.63, 3.8) is 0 Å². The second kappa shape index (κ2) is 22.2. The molecule has 3 saturated carbocycles. The molecule has 0 aromatic heterocycles. The number of hydrogen-bond donors (Lipinski definition) is 0. The van der Waals surface area contributed by atoms with Gasteiger partial charge in [-0.15, -0.1) is 0 Å². The summed E-state index contributed by atoms with van der Waals surface area (Å²) in [6.07, 6.45) is 26.7. The van der Waals surface area contributed by atoms with Crippen LogP contribution in [-0.4, -0.2) is 0 Å². The van der Waals surface area contributed by atoms with E-state index in [0.717, 1.165) is 45.6 Å². The van der Waals surface area contributed by atoms with Crippen LogP contribution in [0.4, 0.5) is 0 Å². The van der Waals surface area contributed by atoms with Gasteiger partial charge in [0.15, 0.2) is 0 Å². The van der Waals surface area contributed by atoms with Crippen LogP contribution in [-0.2, 0) is 0 Å². The minimum atomic E-state index is 0. The number of rotatable bonds is 10. The van der Waals surface area contributed by atoms with Crippen molar-refractivity contribution < 1.29 is 4.28 Å². The van der Waals surface area contributed by atoms with Gasteiger partial charge in [0.1, 0.15) is 0 Å². The molecule has 3 aromatic carbocycles. The number of halogens is 2. The minimum absolute atomic E-state index is 0. The molecule has 0 radical (unpaired) electrons. The van der Waals surface area contributed by atoms with Crippen molar-refractivity contribution in [2.24, 2.45) is 17.8 Å². The van der Waals surface area contributed by atoms with E-state index in [1.165, 1.54) is 139 Å². The number of hydrogen-bond acceptors (Lipinski definition) is 0. The van der Waals surface area contributed by atoms with E-state index < -0.39 is 0 Å². The van der Waals surface area contributed by atoms with Gasteiger partial charge in [-0.1, -0.05) is 143 Å². The summed E-state index contributed by atoms with van der Waals surface area (Å²) >= 11 is 11.8. The Balaban J connectivity index is 0.000000381. The Bertz CT molecular complexity index is 1270. The van der Waals surface area contributed by atoms with E-state index in [0.29, 0.717) is 0 Å². The van der Waals surface area contributed by atoms with Gasteiger partial charge in [0.05, 0.1) is 0 Å². The van der Waals surface area contributed by atoms with Gasteiger partial charge in [0, 0.05) is 14.3 Å². The molecule has 3 aromatic rings. The summed E-state index contributed by atoms with van der Waals surface area (Å²) in [5, 5.41) is 1.70. The highest BCUT2D eigenvalue weighted by atomic mass is 35.5. The third-order valence-corrected chi connectivity index (χ3v) is 12.8.